The van der Waals surface area contributed by atoms with Crippen molar-refractivity contribution in [2.45, 2.75) is 57.7 Å². The highest BCUT2D eigenvalue weighted by Crippen LogP contribution is 2.19. The van der Waals surface area contributed by atoms with Gasteiger partial charge in [0.15, 0.2) is 0 Å². The van der Waals surface area contributed by atoms with Gasteiger partial charge in [-0.05, 0) is 18.8 Å². The first kappa shape index (κ1) is 23.3. The molecule has 0 spiro atoms. The number of carbonyl (C=O) groups is 4. The fourth-order valence-electron chi connectivity index (χ4n) is 3.43. The zero-order valence-electron chi connectivity index (χ0n) is 17.3. The molecule has 1 saturated heterocycles. The van der Waals surface area contributed by atoms with Crippen LogP contribution in [-0.4, -0.2) is 74.9 Å². The van der Waals surface area contributed by atoms with Crippen molar-refractivity contribution in [2.24, 2.45) is 11.7 Å². The average Bonchev–Trinajstić information content (AvgIpc) is 3.40. The fraction of sp³-hybridized carbons (Fsp3) is 0.632. The lowest BCUT2D eigenvalue weighted by atomic mass is 9.99. The summed E-state index contributed by atoms with van der Waals surface area (Å²) in [5.41, 5.74) is 6.73. The van der Waals surface area contributed by atoms with Crippen molar-refractivity contribution in [1.29, 1.82) is 0 Å². The third kappa shape index (κ3) is 6.02. The molecule has 0 aliphatic carbocycles. The summed E-state index contributed by atoms with van der Waals surface area (Å²) in [5.74, 6) is -2.76. The monoisotopic (exact) mass is 422 g/mol. The number of nitrogens with two attached hydrogens (primary N) is 1. The Morgan fingerprint density at radius 2 is 2.13 bits per heavy atom. The number of nitrogens with one attached hydrogen (secondary N) is 3. The highest BCUT2D eigenvalue weighted by atomic mass is 16.4. The lowest BCUT2D eigenvalue weighted by Gasteiger charge is -2.26. The van der Waals surface area contributed by atoms with E-state index in [2.05, 4.69) is 20.6 Å². The van der Waals surface area contributed by atoms with Crippen LogP contribution >= 0.6 is 0 Å². The Hall–Kier alpha value is -2.95. The van der Waals surface area contributed by atoms with Crippen LogP contribution in [0.3, 0.4) is 0 Å². The highest BCUT2D eigenvalue weighted by molar-refractivity contribution is 5.93. The van der Waals surface area contributed by atoms with Gasteiger partial charge in [-0.1, -0.05) is 20.3 Å². The van der Waals surface area contributed by atoms with E-state index >= 15 is 0 Å². The first-order valence-corrected chi connectivity index (χ1v) is 10.1. The molecule has 2 rings (SSSR count). The SMILES string of the molecule is CCC(C)C(NC(=O)CNC(=O)C1CCCN1C(=O)C(N)Cc1cnc[nH]1)C(=O)O. The van der Waals surface area contributed by atoms with Crippen LogP contribution in [0.25, 0.3) is 0 Å². The van der Waals surface area contributed by atoms with E-state index < -0.39 is 35.9 Å². The van der Waals surface area contributed by atoms with Crippen molar-refractivity contribution in [1.82, 2.24) is 25.5 Å². The van der Waals surface area contributed by atoms with Crippen molar-refractivity contribution in [3.8, 4) is 0 Å². The number of H-pyrrole nitrogens is 1. The zero-order chi connectivity index (χ0) is 22.3. The number of likely N-dealkylation sites (tertiary alicyclic amines) is 1. The van der Waals surface area contributed by atoms with Crippen molar-refractivity contribution in [3.63, 3.8) is 0 Å². The maximum Gasteiger partial charge on any atom is 0.326 e. The van der Waals surface area contributed by atoms with Gasteiger partial charge in [0, 0.05) is 24.9 Å². The predicted molar refractivity (Wildman–Crippen MR) is 107 cm³/mol. The molecule has 2 heterocycles. The van der Waals surface area contributed by atoms with E-state index in [1.54, 1.807) is 13.1 Å². The van der Waals surface area contributed by atoms with Crippen LogP contribution in [0.5, 0.6) is 0 Å². The number of aromatic nitrogens is 2. The average molecular weight is 422 g/mol. The van der Waals surface area contributed by atoms with E-state index in [0.29, 0.717) is 25.8 Å². The molecule has 1 aliphatic rings. The quantitative estimate of drug-likeness (QED) is 0.322. The minimum atomic E-state index is -1.12. The number of rotatable bonds is 10. The standard InChI is InChI=1S/C19H30N6O5/c1-3-11(2)16(19(29)30)24-15(26)9-22-17(27)14-5-4-6-25(14)18(28)13(20)7-12-8-21-10-23-12/h8,10-11,13-14,16H,3-7,9,20H2,1-2H3,(H,21,23)(H,22,27)(H,24,26)(H,29,30). The molecule has 4 atom stereocenters. The number of aromatic amines is 1. The number of aliphatic carboxylic acids is 1. The molecule has 0 aromatic carbocycles. The van der Waals surface area contributed by atoms with Gasteiger partial charge in [-0.2, -0.15) is 0 Å². The van der Waals surface area contributed by atoms with E-state index in [1.807, 2.05) is 6.92 Å². The summed E-state index contributed by atoms with van der Waals surface area (Å²) in [7, 11) is 0. The summed E-state index contributed by atoms with van der Waals surface area (Å²) in [6.45, 7) is 3.61. The van der Waals surface area contributed by atoms with Gasteiger partial charge in [0.1, 0.15) is 12.1 Å². The molecule has 6 N–H and O–H groups in total. The topological polar surface area (TPSA) is 171 Å². The summed E-state index contributed by atoms with van der Waals surface area (Å²) in [5, 5.41) is 14.2. The number of carbonyl (C=O) groups excluding carboxylic acids is 3. The molecule has 1 aliphatic heterocycles. The summed E-state index contributed by atoms with van der Waals surface area (Å²) < 4.78 is 0. The minimum Gasteiger partial charge on any atom is -0.480 e. The van der Waals surface area contributed by atoms with Crippen molar-refractivity contribution in [2.75, 3.05) is 13.1 Å². The Bertz CT molecular complexity index is 753. The van der Waals surface area contributed by atoms with Crippen molar-refractivity contribution < 1.29 is 24.3 Å². The Morgan fingerprint density at radius 1 is 1.40 bits per heavy atom. The van der Waals surface area contributed by atoms with E-state index in [0.717, 1.165) is 5.69 Å². The van der Waals surface area contributed by atoms with E-state index in [4.69, 9.17) is 5.73 Å². The molecule has 3 amide bonds. The largest absolute Gasteiger partial charge is 0.480 e. The Kier molecular flexibility index (Phi) is 8.34. The molecule has 1 aromatic heterocycles. The van der Waals surface area contributed by atoms with Crippen LogP contribution in [0, 0.1) is 5.92 Å². The smallest absolute Gasteiger partial charge is 0.326 e. The van der Waals surface area contributed by atoms with E-state index in [9.17, 15) is 24.3 Å². The number of amides is 3. The van der Waals surface area contributed by atoms with Gasteiger partial charge in [-0.25, -0.2) is 9.78 Å². The van der Waals surface area contributed by atoms with Gasteiger partial charge in [0.05, 0.1) is 18.9 Å². The second-order valence-electron chi connectivity index (χ2n) is 7.56. The first-order valence-electron chi connectivity index (χ1n) is 10.1. The molecule has 1 fully saturated rings. The molecule has 0 bridgehead atoms. The molecule has 4 unspecified atom stereocenters. The van der Waals surface area contributed by atoms with Crippen molar-refractivity contribution in [3.05, 3.63) is 18.2 Å². The molecule has 0 saturated carbocycles. The van der Waals surface area contributed by atoms with Crippen LogP contribution < -0.4 is 16.4 Å². The number of hydrogen-bond acceptors (Lipinski definition) is 6. The fourth-order valence-corrected chi connectivity index (χ4v) is 3.43. The molecule has 11 heteroatoms. The molecular formula is C19H30N6O5. The Labute approximate surface area is 174 Å². The maximum absolute atomic E-state index is 12.7. The molecule has 166 valence electrons. The Balaban J connectivity index is 1.88. The van der Waals surface area contributed by atoms with E-state index in [-0.39, 0.29) is 24.8 Å². The second-order valence-corrected chi connectivity index (χ2v) is 7.56. The third-order valence-electron chi connectivity index (χ3n) is 5.37. The normalized spacial score (nSPS) is 19.0. The molecule has 11 nitrogen and oxygen atoms in total. The lowest BCUT2D eigenvalue weighted by Crippen LogP contribution is -2.53. The number of imidazole rings is 1. The minimum absolute atomic E-state index is 0.249. The van der Waals surface area contributed by atoms with Crippen LogP contribution in [0.2, 0.25) is 0 Å². The third-order valence-corrected chi connectivity index (χ3v) is 5.37. The van der Waals surface area contributed by atoms with Crippen LogP contribution in [0.4, 0.5) is 0 Å². The number of hydrogen-bond donors (Lipinski definition) is 5. The van der Waals surface area contributed by atoms with Gasteiger partial charge < -0.3 is 31.4 Å². The van der Waals surface area contributed by atoms with Crippen LogP contribution in [-0.2, 0) is 25.6 Å². The summed E-state index contributed by atoms with van der Waals surface area (Å²) in [6, 6.07) is -2.54. The summed E-state index contributed by atoms with van der Waals surface area (Å²) in [6.07, 6.45) is 5.08. The maximum atomic E-state index is 12.7. The highest BCUT2D eigenvalue weighted by Gasteiger charge is 2.36. The number of nitrogens with zero attached hydrogens (tertiary/aromatic N) is 2. The molecule has 0 radical (unpaired) electrons. The second kappa shape index (κ2) is 10.7. The molecular weight excluding hydrogens is 392 g/mol. The zero-order valence-corrected chi connectivity index (χ0v) is 17.3. The summed E-state index contributed by atoms with van der Waals surface area (Å²) >= 11 is 0. The van der Waals surface area contributed by atoms with Gasteiger partial charge in [0.25, 0.3) is 0 Å². The Morgan fingerprint density at radius 3 is 2.73 bits per heavy atom. The summed E-state index contributed by atoms with van der Waals surface area (Å²) in [4.78, 5) is 56.9. The molecule has 30 heavy (non-hydrogen) atoms. The van der Waals surface area contributed by atoms with Gasteiger partial charge in [-0.3, -0.25) is 14.4 Å². The van der Waals surface area contributed by atoms with E-state index in [1.165, 1.54) is 11.2 Å². The number of carboxylic acids is 1. The van der Waals surface area contributed by atoms with Gasteiger partial charge in [-0.15, -0.1) is 0 Å². The van der Waals surface area contributed by atoms with Gasteiger partial charge >= 0.3 is 5.97 Å². The van der Waals surface area contributed by atoms with Crippen molar-refractivity contribution >= 4 is 23.7 Å². The van der Waals surface area contributed by atoms with Crippen LogP contribution in [0.15, 0.2) is 12.5 Å². The molecule has 1 aromatic rings. The van der Waals surface area contributed by atoms with Gasteiger partial charge in [0.2, 0.25) is 17.7 Å². The first-order chi connectivity index (χ1) is 14.2. The lowest BCUT2D eigenvalue weighted by molar-refractivity contribution is -0.143. The predicted octanol–water partition coefficient (Wildman–Crippen LogP) is -0.998. The number of carboxylic acid groups (broad SMARTS) is 1. The van der Waals surface area contributed by atoms with Crippen LogP contribution in [0.1, 0.15) is 38.8 Å².